The van der Waals surface area contributed by atoms with Crippen molar-refractivity contribution in [1.82, 2.24) is 0 Å². The van der Waals surface area contributed by atoms with Gasteiger partial charge in [-0.25, -0.2) is 0 Å². The van der Waals surface area contributed by atoms with E-state index in [-0.39, 0.29) is 35.2 Å². The molecule has 4 aliphatic rings. The summed E-state index contributed by atoms with van der Waals surface area (Å²) in [6.45, 7) is 10.8. The quantitative estimate of drug-likeness (QED) is 0.318. The predicted octanol–water partition coefficient (Wildman–Crippen LogP) is 4.97. The first kappa shape index (κ1) is 27.0. The molecular weight excluding hydrogens is 516 g/mol. The van der Waals surface area contributed by atoms with Crippen LogP contribution in [0.3, 0.4) is 0 Å². The van der Waals surface area contributed by atoms with E-state index in [0.717, 1.165) is 27.2 Å². The van der Waals surface area contributed by atoms with Crippen molar-refractivity contribution >= 4 is 30.4 Å². The van der Waals surface area contributed by atoms with Crippen LogP contribution in [0.4, 0.5) is 0 Å². The van der Waals surface area contributed by atoms with Gasteiger partial charge in [-0.05, 0) is 51.5 Å². The summed E-state index contributed by atoms with van der Waals surface area (Å²) in [4.78, 5) is 27.8. The minimum Gasteiger partial charge on any atom is -0.496 e. The van der Waals surface area contributed by atoms with Gasteiger partial charge in [0, 0.05) is 17.8 Å². The first-order chi connectivity index (χ1) is 19.1. The van der Waals surface area contributed by atoms with Gasteiger partial charge in [0.2, 0.25) is 0 Å². The average Bonchev–Trinajstić information content (AvgIpc) is 3.35. The van der Waals surface area contributed by atoms with E-state index in [1.54, 1.807) is 7.11 Å². The third-order valence-electron chi connectivity index (χ3n) is 9.99. The number of Topliss-reactive ketones (excluding diaryl/α,β-unsaturated/α-hetero) is 1. The fraction of sp³-hybridized carbons (Fsp3) is 0.412. The van der Waals surface area contributed by atoms with Gasteiger partial charge in [-0.2, -0.15) is 0 Å². The molecule has 3 aromatic rings. The normalized spacial score (nSPS) is 27.2. The van der Waals surface area contributed by atoms with Gasteiger partial charge in [0.05, 0.1) is 13.7 Å². The summed E-state index contributed by atoms with van der Waals surface area (Å²) >= 11 is 0. The summed E-state index contributed by atoms with van der Waals surface area (Å²) in [5.41, 5.74) is 2.28. The molecule has 5 nitrogen and oxygen atoms in total. The zero-order valence-corrected chi connectivity index (χ0v) is 25.2. The highest BCUT2D eigenvalue weighted by Gasteiger charge is 2.70. The molecule has 7 rings (SSSR count). The van der Waals surface area contributed by atoms with Crippen LogP contribution in [-0.2, 0) is 25.2 Å². The lowest BCUT2D eigenvalue weighted by Gasteiger charge is -2.56. The summed E-state index contributed by atoms with van der Waals surface area (Å²) in [5, 5.41) is 2.03. The van der Waals surface area contributed by atoms with Crippen molar-refractivity contribution in [3.8, 4) is 5.75 Å². The highest BCUT2D eigenvalue weighted by atomic mass is 28.4. The Kier molecular flexibility index (Phi) is 6.35. The van der Waals surface area contributed by atoms with Crippen molar-refractivity contribution in [3.63, 3.8) is 0 Å². The standard InChI is InChI=1S/C34H38O5Si/c1-21-26-19-27-29(25(26)17-18-28(21)37-6)34(22(2)30(35)31(27)39-32(34)36)20-38-40(33(3,4)5,23-13-9-7-10-14-23)24-15-11-8-12-16-24/h7-18,22,27,29,31H,19-20H2,1-6H3/t22?,27-,29?,31-,34?/m0/s1. The first-order valence-corrected chi connectivity index (χ1v) is 16.1. The maximum Gasteiger partial charge on any atom is 0.316 e. The summed E-state index contributed by atoms with van der Waals surface area (Å²) < 4.78 is 19.0. The molecule has 1 saturated carbocycles. The lowest BCUT2D eigenvalue weighted by Crippen LogP contribution is -2.71. The number of hydrogen-bond acceptors (Lipinski definition) is 5. The molecule has 0 amide bonds. The van der Waals surface area contributed by atoms with Crippen molar-refractivity contribution in [2.24, 2.45) is 17.3 Å². The lowest BCUT2D eigenvalue weighted by molar-refractivity contribution is -0.208. The third kappa shape index (κ3) is 3.55. The predicted molar refractivity (Wildman–Crippen MR) is 158 cm³/mol. The average molecular weight is 555 g/mol. The lowest BCUT2D eigenvalue weighted by atomic mass is 9.53. The Labute approximate surface area is 238 Å². The van der Waals surface area contributed by atoms with Crippen LogP contribution in [0, 0.1) is 24.2 Å². The Morgan fingerprint density at radius 1 is 0.950 bits per heavy atom. The number of methoxy groups -OCH3 is 1. The molecule has 3 unspecified atom stereocenters. The van der Waals surface area contributed by atoms with E-state index in [0.29, 0.717) is 6.42 Å². The molecule has 0 spiro atoms. The molecule has 40 heavy (non-hydrogen) atoms. The number of benzene rings is 3. The number of hydrogen-bond donors (Lipinski definition) is 0. The van der Waals surface area contributed by atoms with Crippen LogP contribution in [0.1, 0.15) is 50.3 Å². The van der Waals surface area contributed by atoms with Crippen LogP contribution in [0.2, 0.25) is 5.04 Å². The largest absolute Gasteiger partial charge is 0.496 e. The Bertz CT molecular complexity index is 1420. The van der Waals surface area contributed by atoms with E-state index in [1.165, 1.54) is 5.56 Å². The van der Waals surface area contributed by atoms with Crippen molar-refractivity contribution in [3.05, 3.63) is 89.5 Å². The zero-order chi connectivity index (χ0) is 28.4. The maximum absolute atomic E-state index is 14.1. The summed E-state index contributed by atoms with van der Waals surface area (Å²) in [7, 11) is -1.28. The van der Waals surface area contributed by atoms with Gasteiger partial charge in [-0.3, -0.25) is 9.59 Å². The number of carbonyl (C=O) groups excluding carboxylic acids is 2. The van der Waals surface area contributed by atoms with Crippen LogP contribution >= 0.6 is 0 Å². The monoisotopic (exact) mass is 554 g/mol. The van der Waals surface area contributed by atoms with Crippen molar-refractivity contribution in [1.29, 1.82) is 0 Å². The highest BCUT2D eigenvalue weighted by Crippen LogP contribution is 2.62. The summed E-state index contributed by atoms with van der Waals surface area (Å²) in [5.74, 6) is -0.204. The molecule has 2 aliphatic heterocycles. The van der Waals surface area contributed by atoms with Gasteiger partial charge in [0.25, 0.3) is 8.32 Å². The SMILES string of the molecule is COc1ccc2c(c1C)C[C@H]1C2C2(CO[Si](c3ccccc3)(c3ccccc3)C(C)(C)C)C(=O)O[C@@H]1C(=O)C2C. The van der Waals surface area contributed by atoms with Gasteiger partial charge >= 0.3 is 5.97 Å². The second kappa shape index (κ2) is 9.42. The van der Waals surface area contributed by atoms with Crippen LogP contribution in [-0.4, -0.2) is 39.9 Å². The maximum atomic E-state index is 14.1. The molecule has 2 aliphatic carbocycles. The molecule has 3 fully saturated rings. The minimum atomic E-state index is -2.96. The third-order valence-corrected chi connectivity index (χ3v) is 15.0. The summed E-state index contributed by atoms with van der Waals surface area (Å²) in [6.07, 6.45) is -0.0135. The smallest absolute Gasteiger partial charge is 0.316 e. The zero-order valence-electron chi connectivity index (χ0n) is 24.2. The molecule has 0 N–H and O–H groups in total. The fourth-order valence-electron chi connectivity index (χ4n) is 7.98. The Morgan fingerprint density at radius 3 is 2.10 bits per heavy atom. The van der Waals surface area contributed by atoms with Gasteiger partial charge in [0.1, 0.15) is 11.2 Å². The molecule has 208 valence electrons. The van der Waals surface area contributed by atoms with Gasteiger partial charge in [0.15, 0.2) is 11.9 Å². The number of esters is 1. The highest BCUT2D eigenvalue weighted by molar-refractivity contribution is 6.99. The Balaban J connectivity index is 1.53. The van der Waals surface area contributed by atoms with Gasteiger partial charge in [-0.1, -0.05) is 94.4 Å². The second-order valence-electron chi connectivity index (χ2n) is 12.7. The topological polar surface area (TPSA) is 61.8 Å². The van der Waals surface area contributed by atoms with E-state index in [9.17, 15) is 9.59 Å². The number of ether oxygens (including phenoxy) is 2. The Morgan fingerprint density at radius 2 is 1.55 bits per heavy atom. The first-order valence-electron chi connectivity index (χ1n) is 14.2. The van der Waals surface area contributed by atoms with Crippen molar-refractivity contribution in [2.45, 2.75) is 58.1 Å². The van der Waals surface area contributed by atoms with Gasteiger partial charge in [-0.15, -0.1) is 0 Å². The second-order valence-corrected chi connectivity index (χ2v) is 17.1. The van der Waals surface area contributed by atoms with E-state index >= 15 is 0 Å². The van der Waals surface area contributed by atoms with Crippen LogP contribution in [0.25, 0.3) is 0 Å². The molecule has 5 atom stereocenters. The van der Waals surface area contributed by atoms with Gasteiger partial charge < -0.3 is 13.9 Å². The summed E-state index contributed by atoms with van der Waals surface area (Å²) in [6, 6.07) is 24.9. The van der Waals surface area contributed by atoms with Crippen molar-refractivity contribution < 1.29 is 23.5 Å². The molecule has 0 radical (unpaired) electrons. The van der Waals surface area contributed by atoms with Crippen LogP contribution in [0.5, 0.6) is 5.75 Å². The van der Waals surface area contributed by atoms with E-state index in [4.69, 9.17) is 13.9 Å². The number of carbonyl (C=O) groups is 2. The minimum absolute atomic E-state index is 0.0179. The molecule has 2 bridgehead atoms. The molecule has 2 heterocycles. The number of fused-ring (bicyclic) bond motifs is 3. The van der Waals surface area contributed by atoms with Crippen LogP contribution < -0.4 is 15.1 Å². The molecule has 0 aromatic heterocycles. The van der Waals surface area contributed by atoms with E-state index < -0.39 is 25.8 Å². The Hall–Kier alpha value is -3.22. The van der Waals surface area contributed by atoms with E-state index in [2.05, 4.69) is 82.3 Å². The fourth-order valence-corrected chi connectivity index (χ4v) is 12.6. The van der Waals surface area contributed by atoms with E-state index in [1.807, 2.05) is 25.1 Å². The molecule has 3 aromatic carbocycles. The van der Waals surface area contributed by atoms with Crippen molar-refractivity contribution in [2.75, 3.05) is 13.7 Å². The molecule has 2 saturated heterocycles. The number of ketones is 1. The number of rotatable bonds is 6. The van der Waals surface area contributed by atoms with Crippen LogP contribution in [0.15, 0.2) is 72.8 Å². The molecular formula is C34H38O5Si. The molecule has 6 heteroatoms.